The molecule has 1 unspecified atom stereocenters. The van der Waals surface area contributed by atoms with Crippen molar-refractivity contribution >= 4 is 28.6 Å². The summed E-state index contributed by atoms with van der Waals surface area (Å²) >= 11 is 5.90. The van der Waals surface area contributed by atoms with E-state index in [-0.39, 0.29) is 12.1 Å². The molecule has 0 radical (unpaired) electrons. The highest BCUT2D eigenvalue weighted by Gasteiger charge is 2.39. The SMILES string of the molecule is COC(=O)c1ccc2nc(CN3CCN(CC4=COC(C)(c5ccc(Cl)cc5F)O4)CC3)n(C[C@@H]3CCO3)c2c1. The third-order valence-corrected chi connectivity index (χ3v) is 8.03. The molecule has 3 aromatic rings. The third-order valence-electron chi connectivity index (χ3n) is 7.80. The number of esters is 1. The molecular formula is C29H32ClFN4O5. The summed E-state index contributed by atoms with van der Waals surface area (Å²) in [5.41, 5.74) is 2.58. The molecule has 0 saturated carbocycles. The summed E-state index contributed by atoms with van der Waals surface area (Å²) < 4.78 is 39.1. The average Bonchev–Trinajstić information content (AvgIpc) is 3.46. The van der Waals surface area contributed by atoms with E-state index >= 15 is 0 Å². The molecule has 2 saturated heterocycles. The van der Waals surface area contributed by atoms with Crippen molar-refractivity contribution in [2.24, 2.45) is 0 Å². The van der Waals surface area contributed by atoms with Gasteiger partial charge in [-0.3, -0.25) is 9.80 Å². The number of fused-ring (bicyclic) bond motifs is 1. The standard InChI is InChI=1S/C29H32ClFN4O5/c1-29(23-5-4-20(30)14-24(23)31)39-18-22(40-29)15-33-8-10-34(11-9-33)17-27-32-25-6-3-19(28(36)37-2)13-26(25)35(27)16-21-7-12-38-21/h3-6,13-14,18,21H,7-12,15-17H2,1-2H3/t21-,29?/m0/s1. The Bertz CT molecular complexity index is 1450. The molecule has 2 atom stereocenters. The number of methoxy groups -OCH3 is 1. The van der Waals surface area contributed by atoms with Gasteiger partial charge in [0.2, 0.25) is 0 Å². The van der Waals surface area contributed by atoms with Gasteiger partial charge in [-0.25, -0.2) is 14.2 Å². The topological polar surface area (TPSA) is 78.3 Å². The monoisotopic (exact) mass is 570 g/mol. The number of carbonyl (C=O) groups excluding carboxylic acids is 1. The van der Waals surface area contributed by atoms with E-state index in [0.717, 1.165) is 56.1 Å². The van der Waals surface area contributed by atoms with Crippen LogP contribution in [0.2, 0.25) is 5.02 Å². The van der Waals surface area contributed by atoms with Gasteiger partial charge in [-0.2, -0.15) is 0 Å². The summed E-state index contributed by atoms with van der Waals surface area (Å²) in [5.74, 6) is -0.429. The van der Waals surface area contributed by atoms with Crippen LogP contribution >= 0.6 is 11.6 Å². The van der Waals surface area contributed by atoms with Gasteiger partial charge in [0.15, 0.2) is 0 Å². The molecule has 3 aliphatic heterocycles. The van der Waals surface area contributed by atoms with E-state index in [0.29, 0.717) is 41.5 Å². The lowest BCUT2D eigenvalue weighted by Gasteiger charge is -2.35. The van der Waals surface area contributed by atoms with Gasteiger partial charge in [0.1, 0.15) is 23.7 Å². The van der Waals surface area contributed by atoms with Crippen LogP contribution in [-0.2, 0) is 37.8 Å². The highest BCUT2D eigenvalue weighted by Crippen LogP contribution is 2.37. The zero-order chi connectivity index (χ0) is 27.9. The van der Waals surface area contributed by atoms with Crippen LogP contribution in [0.5, 0.6) is 0 Å². The Labute approximate surface area is 237 Å². The molecule has 212 valence electrons. The van der Waals surface area contributed by atoms with Crippen LogP contribution in [0.4, 0.5) is 4.39 Å². The normalized spacial score (nSPS) is 23.4. The first-order chi connectivity index (χ1) is 19.3. The van der Waals surface area contributed by atoms with Crippen molar-refractivity contribution in [3.05, 3.63) is 76.2 Å². The van der Waals surface area contributed by atoms with Crippen LogP contribution < -0.4 is 0 Å². The number of nitrogens with zero attached hydrogens (tertiary/aromatic N) is 4. The number of rotatable bonds is 8. The lowest BCUT2D eigenvalue weighted by atomic mass is 10.1. The van der Waals surface area contributed by atoms with Crippen LogP contribution in [0.3, 0.4) is 0 Å². The largest absolute Gasteiger partial charge is 0.465 e. The lowest BCUT2D eigenvalue weighted by molar-refractivity contribution is -0.144. The molecule has 11 heteroatoms. The molecule has 2 fully saturated rings. The minimum Gasteiger partial charge on any atom is -0.465 e. The third kappa shape index (κ3) is 5.41. The van der Waals surface area contributed by atoms with Crippen molar-refractivity contribution in [2.75, 3.05) is 46.4 Å². The predicted molar refractivity (Wildman–Crippen MR) is 146 cm³/mol. The molecule has 0 spiro atoms. The van der Waals surface area contributed by atoms with E-state index in [2.05, 4.69) is 14.4 Å². The molecule has 6 rings (SSSR count). The van der Waals surface area contributed by atoms with Gasteiger partial charge < -0.3 is 23.5 Å². The number of piperazine rings is 1. The van der Waals surface area contributed by atoms with E-state index in [1.165, 1.54) is 13.2 Å². The van der Waals surface area contributed by atoms with Crippen molar-refractivity contribution < 1.29 is 28.1 Å². The van der Waals surface area contributed by atoms with E-state index in [4.69, 9.17) is 35.5 Å². The number of aromatic nitrogens is 2. The van der Waals surface area contributed by atoms with E-state index in [1.807, 2.05) is 12.1 Å². The van der Waals surface area contributed by atoms with Gasteiger partial charge in [-0.15, -0.1) is 0 Å². The number of hydrogen-bond acceptors (Lipinski definition) is 8. The number of halogens is 2. The molecule has 40 heavy (non-hydrogen) atoms. The minimum absolute atomic E-state index is 0.156. The lowest BCUT2D eigenvalue weighted by Crippen LogP contribution is -2.47. The predicted octanol–water partition coefficient (Wildman–Crippen LogP) is 4.28. The smallest absolute Gasteiger partial charge is 0.337 e. The van der Waals surface area contributed by atoms with Crippen molar-refractivity contribution in [1.29, 1.82) is 0 Å². The zero-order valence-electron chi connectivity index (χ0n) is 22.6. The van der Waals surface area contributed by atoms with Gasteiger partial charge in [-0.05, 0) is 42.8 Å². The Balaban J connectivity index is 1.09. The quantitative estimate of drug-likeness (QED) is 0.371. The van der Waals surface area contributed by atoms with E-state index < -0.39 is 11.6 Å². The molecule has 1 aromatic heterocycles. The zero-order valence-corrected chi connectivity index (χ0v) is 23.3. The summed E-state index contributed by atoms with van der Waals surface area (Å²) in [6.45, 7) is 7.84. The fourth-order valence-electron chi connectivity index (χ4n) is 5.42. The van der Waals surface area contributed by atoms with E-state index in [9.17, 15) is 9.18 Å². The molecule has 0 amide bonds. The van der Waals surface area contributed by atoms with Crippen molar-refractivity contribution in [2.45, 2.75) is 38.3 Å². The van der Waals surface area contributed by atoms with Crippen molar-refractivity contribution in [3.8, 4) is 0 Å². The number of hydrogen-bond donors (Lipinski definition) is 0. The van der Waals surface area contributed by atoms with Crippen LogP contribution in [0.15, 0.2) is 48.4 Å². The fraction of sp³-hybridized carbons (Fsp3) is 0.448. The van der Waals surface area contributed by atoms with Crippen LogP contribution in [0.1, 0.15) is 35.1 Å². The van der Waals surface area contributed by atoms with Gasteiger partial charge in [0.25, 0.3) is 5.79 Å². The Morgan fingerprint density at radius 1 is 1.15 bits per heavy atom. The summed E-state index contributed by atoms with van der Waals surface area (Å²) in [7, 11) is 1.39. The maximum Gasteiger partial charge on any atom is 0.337 e. The molecule has 0 aliphatic carbocycles. The Morgan fingerprint density at radius 2 is 1.90 bits per heavy atom. The highest BCUT2D eigenvalue weighted by molar-refractivity contribution is 6.30. The van der Waals surface area contributed by atoms with Crippen LogP contribution in [-0.4, -0.2) is 77.9 Å². The summed E-state index contributed by atoms with van der Waals surface area (Å²) in [5, 5.41) is 0.326. The summed E-state index contributed by atoms with van der Waals surface area (Å²) in [6.07, 6.45) is 2.75. The Morgan fingerprint density at radius 3 is 2.58 bits per heavy atom. The van der Waals surface area contributed by atoms with Gasteiger partial charge in [0, 0.05) is 44.7 Å². The number of benzene rings is 2. The minimum atomic E-state index is -1.22. The Kier molecular flexibility index (Phi) is 7.43. The second kappa shape index (κ2) is 11.0. The maximum absolute atomic E-state index is 14.5. The summed E-state index contributed by atoms with van der Waals surface area (Å²) in [4.78, 5) is 21.7. The molecule has 9 nitrogen and oxygen atoms in total. The first-order valence-corrected chi connectivity index (χ1v) is 13.8. The maximum atomic E-state index is 14.5. The van der Waals surface area contributed by atoms with E-state index in [1.54, 1.807) is 31.4 Å². The fourth-order valence-corrected chi connectivity index (χ4v) is 5.58. The number of imidazole rings is 1. The molecule has 0 N–H and O–H groups in total. The van der Waals surface area contributed by atoms with Crippen molar-refractivity contribution in [3.63, 3.8) is 0 Å². The first kappa shape index (κ1) is 27.0. The highest BCUT2D eigenvalue weighted by atomic mass is 35.5. The van der Waals surface area contributed by atoms with Crippen LogP contribution in [0.25, 0.3) is 11.0 Å². The summed E-state index contributed by atoms with van der Waals surface area (Å²) in [6, 6.07) is 9.97. The second-order valence-electron chi connectivity index (χ2n) is 10.5. The molecule has 4 heterocycles. The number of ether oxygens (including phenoxy) is 4. The molecule has 2 aromatic carbocycles. The van der Waals surface area contributed by atoms with Crippen LogP contribution in [0, 0.1) is 5.82 Å². The van der Waals surface area contributed by atoms with Gasteiger partial charge >= 0.3 is 5.97 Å². The average molecular weight is 571 g/mol. The molecule has 0 bridgehead atoms. The van der Waals surface area contributed by atoms with Gasteiger partial charge in [0.05, 0.1) is 55.0 Å². The molecule has 3 aliphatic rings. The first-order valence-electron chi connectivity index (χ1n) is 13.5. The van der Waals surface area contributed by atoms with Crippen molar-refractivity contribution in [1.82, 2.24) is 19.4 Å². The number of carbonyl (C=O) groups is 1. The Hall–Kier alpha value is -3.18. The molecular weight excluding hydrogens is 539 g/mol. The van der Waals surface area contributed by atoms with Gasteiger partial charge in [-0.1, -0.05) is 11.6 Å². The second-order valence-corrected chi connectivity index (χ2v) is 11.0.